The number of aryl methyl sites for hydroxylation is 1. The molecule has 1 aliphatic rings. The van der Waals surface area contributed by atoms with Crippen LogP contribution in [-0.2, 0) is 0 Å². The van der Waals surface area contributed by atoms with Crippen molar-refractivity contribution in [3.8, 4) is 0 Å². The fourth-order valence-corrected chi connectivity index (χ4v) is 3.88. The van der Waals surface area contributed by atoms with Crippen LogP contribution in [0, 0.1) is 6.92 Å². The van der Waals surface area contributed by atoms with Gasteiger partial charge >= 0.3 is 0 Å². The van der Waals surface area contributed by atoms with Gasteiger partial charge in [-0.2, -0.15) is 0 Å². The van der Waals surface area contributed by atoms with Crippen LogP contribution in [0.5, 0.6) is 0 Å². The summed E-state index contributed by atoms with van der Waals surface area (Å²) in [4.78, 5) is 23.8. The van der Waals surface area contributed by atoms with Crippen molar-refractivity contribution in [1.82, 2.24) is 19.3 Å². The maximum atomic E-state index is 13.2. The smallest absolute Gasteiger partial charge is 0.272 e. The van der Waals surface area contributed by atoms with Crippen molar-refractivity contribution in [3.63, 3.8) is 0 Å². The molecule has 0 unspecified atom stereocenters. The molecule has 1 N–H and O–H groups in total. The third kappa shape index (κ3) is 3.59. The first-order valence-corrected chi connectivity index (χ1v) is 9.98. The van der Waals surface area contributed by atoms with Gasteiger partial charge in [-0.3, -0.25) is 9.20 Å². The highest BCUT2D eigenvalue weighted by atomic mass is 16.2. The molecule has 3 heterocycles. The van der Waals surface area contributed by atoms with Gasteiger partial charge in [0.05, 0.1) is 5.69 Å². The predicted molar refractivity (Wildman–Crippen MR) is 111 cm³/mol. The molecule has 6 nitrogen and oxygen atoms in total. The molecule has 1 aliphatic heterocycles. The molecule has 0 saturated carbocycles. The van der Waals surface area contributed by atoms with Crippen LogP contribution >= 0.6 is 0 Å². The van der Waals surface area contributed by atoms with Crippen LogP contribution in [0.2, 0.25) is 0 Å². The third-order valence-electron chi connectivity index (χ3n) is 5.44. The Labute approximate surface area is 165 Å². The number of nitrogens with one attached hydrogen (secondary N) is 1. The summed E-state index contributed by atoms with van der Waals surface area (Å²) < 4.78 is 1.79. The Morgan fingerprint density at radius 1 is 1.25 bits per heavy atom. The number of anilines is 1. The SMILES string of the molecule is Cc1nc2ncccn2c1C(=O)N1CCC[C@H](Nc2ccc(C(C)C)cc2)C1. The van der Waals surface area contributed by atoms with Crippen molar-refractivity contribution >= 4 is 17.4 Å². The molecule has 3 aromatic rings. The van der Waals surface area contributed by atoms with Crippen molar-refractivity contribution in [1.29, 1.82) is 0 Å². The monoisotopic (exact) mass is 377 g/mol. The summed E-state index contributed by atoms with van der Waals surface area (Å²) in [5.74, 6) is 1.12. The number of carbonyl (C=O) groups excluding carboxylic acids is 1. The van der Waals surface area contributed by atoms with Gasteiger partial charge < -0.3 is 10.2 Å². The van der Waals surface area contributed by atoms with E-state index in [9.17, 15) is 4.79 Å². The quantitative estimate of drug-likeness (QED) is 0.749. The lowest BCUT2D eigenvalue weighted by molar-refractivity contribution is 0.0707. The zero-order valence-electron chi connectivity index (χ0n) is 16.7. The van der Waals surface area contributed by atoms with Crippen molar-refractivity contribution in [2.75, 3.05) is 18.4 Å². The van der Waals surface area contributed by atoms with Crippen LogP contribution in [0.1, 0.15) is 54.4 Å². The van der Waals surface area contributed by atoms with Crippen LogP contribution in [0.25, 0.3) is 5.78 Å². The van der Waals surface area contributed by atoms with Crippen LogP contribution in [0.3, 0.4) is 0 Å². The summed E-state index contributed by atoms with van der Waals surface area (Å²) in [7, 11) is 0. The maximum Gasteiger partial charge on any atom is 0.272 e. The van der Waals surface area contributed by atoms with Gasteiger partial charge in [0, 0.05) is 37.2 Å². The summed E-state index contributed by atoms with van der Waals surface area (Å²) >= 11 is 0. The molecule has 2 aromatic heterocycles. The predicted octanol–water partition coefficient (Wildman–Crippen LogP) is 3.88. The average molecular weight is 377 g/mol. The molecule has 28 heavy (non-hydrogen) atoms. The Morgan fingerprint density at radius 2 is 2.04 bits per heavy atom. The minimum absolute atomic E-state index is 0.0275. The molecule has 1 atom stereocenters. The number of imidazole rings is 1. The van der Waals surface area contributed by atoms with E-state index in [0.29, 0.717) is 23.9 Å². The number of rotatable bonds is 4. The van der Waals surface area contributed by atoms with Gasteiger partial charge in [0.25, 0.3) is 5.91 Å². The fourth-order valence-electron chi connectivity index (χ4n) is 3.88. The molecule has 1 saturated heterocycles. The highest BCUT2D eigenvalue weighted by Crippen LogP contribution is 2.22. The van der Waals surface area contributed by atoms with E-state index in [1.165, 1.54) is 5.56 Å². The van der Waals surface area contributed by atoms with Gasteiger partial charge in [-0.25, -0.2) is 9.97 Å². The highest BCUT2D eigenvalue weighted by Gasteiger charge is 2.28. The van der Waals surface area contributed by atoms with Gasteiger partial charge in [0.2, 0.25) is 5.78 Å². The van der Waals surface area contributed by atoms with Gasteiger partial charge in [-0.05, 0) is 49.4 Å². The number of aromatic nitrogens is 3. The molecule has 1 aromatic carbocycles. The summed E-state index contributed by atoms with van der Waals surface area (Å²) in [5.41, 5.74) is 3.79. The number of amides is 1. The van der Waals surface area contributed by atoms with Gasteiger partial charge in [0.15, 0.2) is 0 Å². The van der Waals surface area contributed by atoms with E-state index in [-0.39, 0.29) is 11.9 Å². The normalized spacial score (nSPS) is 17.3. The van der Waals surface area contributed by atoms with Crippen LogP contribution in [0.4, 0.5) is 5.69 Å². The van der Waals surface area contributed by atoms with Gasteiger partial charge in [0.1, 0.15) is 5.69 Å². The molecule has 1 amide bonds. The Kier molecular flexibility index (Phi) is 5.03. The zero-order valence-corrected chi connectivity index (χ0v) is 16.7. The van der Waals surface area contributed by atoms with Crippen LogP contribution < -0.4 is 5.32 Å². The van der Waals surface area contributed by atoms with Crippen molar-refractivity contribution in [2.24, 2.45) is 0 Å². The van der Waals surface area contributed by atoms with Crippen molar-refractivity contribution < 1.29 is 4.79 Å². The van der Waals surface area contributed by atoms with Gasteiger partial charge in [-0.1, -0.05) is 26.0 Å². The lowest BCUT2D eigenvalue weighted by atomic mass is 10.0. The van der Waals surface area contributed by atoms with Crippen molar-refractivity contribution in [2.45, 2.75) is 45.6 Å². The molecule has 0 bridgehead atoms. The molecule has 0 aliphatic carbocycles. The first-order chi connectivity index (χ1) is 13.5. The number of benzene rings is 1. The molecule has 1 fully saturated rings. The molecule has 0 radical (unpaired) electrons. The molecular formula is C22H27N5O. The summed E-state index contributed by atoms with van der Waals surface area (Å²) in [6.45, 7) is 7.74. The largest absolute Gasteiger partial charge is 0.381 e. The third-order valence-corrected chi connectivity index (χ3v) is 5.44. The lowest BCUT2D eigenvalue weighted by Crippen LogP contribution is -2.45. The number of hydrogen-bond acceptors (Lipinski definition) is 4. The Balaban J connectivity index is 1.48. The number of fused-ring (bicyclic) bond motifs is 1. The van der Waals surface area contributed by atoms with Crippen LogP contribution in [-0.4, -0.2) is 44.3 Å². The van der Waals surface area contributed by atoms with Crippen LogP contribution in [0.15, 0.2) is 42.7 Å². The molecule has 6 heteroatoms. The Morgan fingerprint density at radius 3 is 2.79 bits per heavy atom. The molecule has 4 rings (SSSR count). The van der Waals surface area contributed by atoms with E-state index < -0.39 is 0 Å². The minimum atomic E-state index is 0.0275. The second-order valence-corrected chi connectivity index (χ2v) is 7.85. The number of nitrogens with zero attached hydrogens (tertiary/aromatic N) is 4. The number of hydrogen-bond donors (Lipinski definition) is 1. The standard InChI is InChI=1S/C22H27N5O/c1-15(2)17-7-9-18(10-8-17)25-19-6-4-12-26(14-19)21(28)20-16(3)24-22-23-11-5-13-27(20)22/h5,7-11,13,15,19,25H,4,6,12,14H2,1-3H3/t19-/m0/s1. The first-order valence-electron chi connectivity index (χ1n) is 9.98. The number of likely N-dealkylation sites (tertiary alicyclic amines) is 1. The fraction of sp³-hybridized carbons (Fsp3) is 0.409. The maximum absolute atomic E-state index is 13.2. The Hall–Kier alpha value is -2.89. The van der Waals surface area contributed by atoms with Gasteiger partial charge in [-0.15, -0.1) is 0 Å². The topological polar surface area (TPSA) is 62.5 Å². The summed E-state index contributed by atoms with van der Waals surface area (Å²) in [6.07, 6.45) is 5.60. The van der Waals surface area contributed by atoms with E-state index in [4.69, 9.17) is 0 Å². The molecular weight excluding hydrogens is 350 g/mol. The lowest BCUT2D eigenvalue weighted by Gasteiger charge is -2.33. The van der Waals surface area contributed by atoms with E-state index in [1.807, 2.05) is 24.1 Å². The zero-order chi connectivity index (χ0) is 19.7. The highest BCUT2D eigenvalue weighted by molar-refractivity contribution is 5.94. The van der Waals surface area contributed by atoms with E-state index in [1.54, 1.807) is 10.6 Å². The number of piperidine rings is 1. The second kappa shape index (κ2) is 7.62. The summed E-state index contributed by atoms with van der Waals surface area (Å²) in [6, 6.07) is 10.7. The number of carbonyl (C=O) groups is 1. The Bertz CT molecular complexity index is 976. The molecule has 0 spiro atoms. The molecule has 146 valence electrons. The average Bonchev–Trinajstić information content (AvgIpc) is 3.03. The second-order valence-electron chi connectivity index (χ2n) is 7.85. The van der Waals surface area contributed by atoms with E-state index in [2.05, 4.69) is 53.4 Å². The first kappa shape index (κ1) is 18.5. The van der Waals surface area contributed by atoms with Crippen molar-refractivity contribution in [3.05, 3.63) is 59.7 Å². The van der Waals surface area contributed by atoms with E-state index in [0.717, 1.165) is 30.8 Å². The minimum Gasteiger partial charge on any atom is -0.381 e. The summed E-state index contributed by atoms with van der Waals surface area (Å²) in [5, 5.41) is 3.60. The van der Waals surface area contributed by atoms with E-state index >= 15 is 0 Å².